The number of carbonyl (C=O) groups excluding carboxylic acids is 1. The molecule has 3 aromatic rings. The summed E-state index contributed by atoms with van der Waals surface area (Å²) in [5.74, 6) is -0.165. The van der Waals surface area contributed by atoms with Crippen molar-refractivity contribution in [1.82, 2.24) is 14.4 Å². The molecule has 0 amide bonds. The number of esters is 1. The Morgan fingerprint density at radius 3 is 2.26 bits per heavy atom. The number of phenols is 1. The van der Waals surface area contributed by atoms with Gasteiger partial charge in [0.15, 0.2) is 0 Å². The number of nitrogens with zero attached hydrogens (tertiary/aromatic N) is 3. The Morgan fingerprint density at radius 2 is 1.68 bits per heavy atom. The van der Waals surface area contributed by atoms with Crippen molar-refractivity contribution in [3.8, 4) is 11.4 Å². The first-order chi connectivity index (χ1) is 14.9. The minimum Gasteiger partial charge on any atom is -0.508 e. The summed E-state index contributed by atoms with van der Waals surface area (Å²) < 4.78 is 7.65. The van der Waals surface area contributed by atoms with Crippen LogP contribution in [0.2, 0.25) is 0 Å². The van der Waals surface area contributed by atoms with Crippen molar-refractivity contribution in [3.63, 3.8) is 0 Å². The van der Waals surface area contributed by atoms with E-state index in [1.54, 1.807) is 6.07 Å². The molecular weight excluding hydrogens is 390 g/mol. The Balaban J connectivity index is 2.45. The Kier molecular flexibility index (Phi) is 7.36. The Bertz CT molecular complexity index is 1040. The lowest BCUT2D eigenvalue weighted by molar-refractivity contribution is 0.0526. The molecule has 0 fully saturated rings. The number of aromatic nitrogens is 1. The van der Waals surface area contributed by atoms with E-state index in [-0.39, 0.29) is 11.7 Å². The van der Waals surface area contributed by atoms with Crippen LogP contribution >= 0.6 is 0 Å². The summed E-state index contributed by atoms with van der Waals surface area (Å²) in [6.45, 7) is 9.19. The molecule has 3 rings (SSSR count). The van der Waals surface area contributed by atoms with Crippen LogP contribution in [0.5, 0.6) is 5.75 Å². The first-order valence-corrected chi connectivity index (χ1v) is 10.9. The second-order valence-corrected chi connectivity index (χ2v) is 7.87. The molecule has 6 nitrogen and oxygen atoms in total. The minimum absolute atomic E-state index is 0.186. The van der Waals surface area contributed by atoms with Crippen molar-refractivity contribution < 1.29 is 14.6 Å². The second-order valence-electron chi connectivity index (χ2n) is 7.87. The third-order valence-corrected chi connectivity index (χ3v) is 5.55. The van der Waals surface area contributed by atoms with Gasteiger partial charge in [-0.3, -0.25) is 4.90 Å². The van der Waals surface area contributed by atoms with Gasteiger partial charge < -0.3 is 19.3 Å². The monoisotopic (exact) mass is 423 g/mol. The van der Waals surface area contributed by atoms with Crippen LogP contribution in [0.25, 0.3) is 16.6 Å². The molecule has 1 heterocycles. The van der Waals surface area contributed by atoms with Crippen molar-refractivity contribution in [2.75, 3.05) is 33.8 Å². The third kappa shape index (κ3) is 4.60. The van der Waals surface area contributed by atoms with Crippen LogP contribution in [0, 0.1) is 0 Å². The van der Waals surface area contributed by atoms with Crippen molar-refractivity contribution in [1.29, 1.82) is 0 Å². The number of carbonyl (C=O) groups is 1. The smallest absolute Gasteiger partial charge is 0.340 e. The number of benzene rings is 2. The van der Waals surface area contributed by atoms with Gasteiger partial charge in [0.2, 0.25) is 0 Å². The molecule has 0 saturated carbocycles. The molecular formula is C25H33N3O3. The highest BCUT2D eigenvalue weighted by molar-refractivity contribution is 6.08. The Hall–Kier alpha value is -2.83. The first-order valence-electron chi connectivity index (χ1n) is 10.9. The van der Waals surface area contributed by atoms with Gasteiger partial charge >= 0.3 is 5.97 Å². The molecule has 1 aromatic heterocycles. The molecule has 0 unspecified atom stereocenters. The zero-order valence-electron chi connectivity index (χ0n) is 19.2. The van der Waals surface area contributed by atoms with Gasteiger partial charge in [-0.15, -0.1) is 0 Å². The molecule has 166 valence electrons. The van der Waals surface area contributed by atoms with Gasteiger partial charge in [-0.2, -0.15) is 0 Å². The van der Waals surface area contributed by atoms with Crippen LogP contribution in [0.15, 0.2) is 42.5 Å². The van der Waals surface area contributed by atoms with Gasteiger partial charge in [-0.25, -0.2) is 4.79 Å². The largest absolute Gasteiger partial charge is 0.508 e. The Labute approximate surface area is 184 Å². The van der Waals surface area contributed by atoms with E-state index in [9.17, 15) is 9.90 Å². The maximum absolute atomic E-state index is 13.3. The van der Waals surface area contributed by atoms with Crippen LogP contribution in [0.4, 0.5) is 0 Å². The van der Waals surface area contributed by atoms with Crippen molar-refractivity contribution in [2.45, 2.75) is 33.9 Å². The van der Waals surface area contributed by atoms with Crippen molar-refractivity contribution in [2.24, 2.45) is 0 Å². The normalized spacial score (nSPS) is 11.6. The predicted octanol–water partition coefficient (Wildman–Crippen LogP) is 4.42. The summed E-state index contributed by atoms with van der Waals surface area (Å²) in [6, 6.07) is 13.7. The summed E-state index contributed by atoms with van der Waals surface area (Å²) >= 11 is 0. The molecule has 0 radical (unpaired) electrons. The molecule has 1 N–H and O–H groups in total. The Morgan fingerprint density at radius 1 is 1.00 bits per heavy atom. The number of hydrogen-bond donors (Lipinski definition) is 1. The van der Waals surface area contributed by atoms with Crippen LogP contribution in [-0.2, 0) is 17.8 Å². The average molecular weight is 424 g/mol. The third-order valence-electron chi connectivity index (χ3n) is 5.55. The first kappa shape index (κ1) is 22.8. The highest BCUT2D eigenvalue weighted by Gasteiger charge is 2.28. The summed E-state index contributed by atoms with van der Waals surface area (Å²) in [7, 11) is 3.90. The average Bonchev–Trinajstić information content (AvgIpc) is 3.08. The quantitative estimate of drug-likeness (QED) is 0.517. The number of hydrogen-bond acceptors (Lipinski definition) is 5. The highest BCUT2D eigenvalue weighted by atomic mass is 16.5. The summed E-state index contributed by atoms with van der Waals surface area (Å²) in [5, 5.41) is 11.5. The molecule has 6 heteroatoms. The number of rotatable bonds is 9. The lowest BCUT2D eigenvalue weighted by Crippen LogP contribution is -2.25. The number of para-hydroxylation sites is 1. The van der Waals surface area contributed by atoms with Crippen LogP contribution < -0.4 is 0 Å². The standard InChI is InChI=1S/C25H33N3O3/c1-6-27(7-2)17-21-24(25(30)31-8-3)23-19(16-26(4)5)22(29)15-14-20(23)28(21)18-12-10-9-11-13-18/h9-15,29H,6-8,16-17H2,1-5H3. The highest BCUT2D eigenvalue weighted by Crippen LogP contribution is 2.37. The van der Waals surface area contributed by atoms with E-state index >= 15 is 0 Å². The van der Waals surface area contributed by atoms with E-state index in [2.05, 4.69) is 23.3 Å². The molecule has 0 saturated heterocycles. The number of aromatic hydroxyl groups is 1. The fraction of sp³-hybridized carbons (Fsp3) is 0.400. The number of phenolic OH excluding ortho intramolecular Hbond substituents is 1. The zero-order chi connectivity index (χ0) is 22.5. The predicted molar refractivity (Wildman–Crippen MR) is 125 cm³/mol. The topological polar surface area (TPSA) is 57.9 Å². The molecule has 0 atom stereocenters. The summed E-state index contributed by atoms with van der Waals surface area (Å²) in [4.78, 5) is 17.6. The van der Waals surface area contributed by atoms with Gasteiger partial charge in [-0.05, 0) is 58.4 Å². The molecule has 31 heavy (non-hydrogen) atoms. The molecule has 2 aromatic carbocycles. The van der Waals surface area contributed by atoms with Gasteiger partial charge in [0.05, 0.1) is 23.4 Å². The maximum Gasteiger partial charge on any atom is 0.340 e. The van der Waals surface area contributed by atoms with E-state index in [0.29, 0.717) is 25.3 Å². The van der Waals surface area contributed by atoms with E-state index in [1.165, 1.54) is 0 Å². The van der Waals surface area contributed by atoms with Gasteiger partial charge in [0.1, 0.15) is 5.75 Å². The van der Waals surface area contributed by atoms with E-state index < -0.39 is 0 Å². The van der Waals surface area contributed by atoms with E-state index in [4.69, 9.17) is 4.74 Å². The zero-order valence-corrected chi connectivity index (χ0v) is 19.2. The fourth-order valence-corrected chi connectivity index (χ4v) is 4.07. The number of ether oxygens (including phenoxy) is 1. The van der Waals surface area contributed by atoms with Gasteiger partial charge in [-0.1, -0.05) is 32.0 Å². The van der Waals surface area contributed by atoms with Crippen molar-refractivity contribution in [3.05, 3.63) is 59.3 Å². The molecule has 0 spiro atoms. The lowest BCUT2D eigenvalue weighted by atomic mass is 10.0. The summed E-state index contributed by atoms with van der Waals surface area (Å²) in [5.41, 5.74) is 4.04. The second kappa shape index (κ2) is 9.98. The van der Waals surface area contributed by atoms with Crippen LogP contribution in [0.3, 0.4) is 0 Å². The van der Waals surface area contributed by atoms with E-state index in [1.807, 2.05) is 62.3 Å². The molecule has 0 aliphatic heterocycles. The molecule has 0 aliphatic carbocycles. The van der Waals surface area contributed by atoms with Crippen LogP contribution in [-0.4, -0.2) is 59.2 Å². The van der Waals surface area contributed by atoms with Crippen LogP contribution in [0.1, 0.15) is 42.4 Å². The molecule has 0 bridgehead atoms. The lowest BCUT2D eigenvalue weighted by Gasteiger charge is -2.21. The minimum atomic E-state index is -0.352. The maximum atomic E-state index is 13.3. The van der Waals surface area contributed by atoms with Gasteiger partial charge in [0, 0.05) is 29.7 Å². The van der Waals surface area contributed by atoms with E-state index in [0.717, 1.165) is 40.9 Å². The van der Waals surface area contributed by atoms with Gasteiger partial charge in [0.25, 0.3) is 0 Å². The summed E-state index contributed by atoms with van der Waals surface area (Å²) in [6.07, 6.45) is 0. The SMILES string of the molecule is CCOC(=O)c1c(CN(CC)CC)n(-c2ccccc2)c2ccc(O)c(CN(C)C)c12. The molecule has 0 aliphatic rings. The van der Waals surface area contributed by atoms with Crippen molar-refractivity contribution >= 4 is 16.9 Å². The number of fused-ring (bicyclic) bond motifs is 1. The fourth-order valence-electron chi connectivity index (χ4n) is 4.07.